The quantitative estimate of drug-likeness (QED) is 0.912. The molecule has 3 heterocycles. The lowest BCUT2D eigenvalue weighted by atomic mass is 9.85. The number of nitrogens with one attached hydrogen (secondary N) is 1. The number of carbonyl (C=O) groups is 1. The summed E-state index contributed by atoms with van der Waals surface area (Å²) in [4.78, 5) is 15.2. The standard InChI is InChI=1S/C16H22ClN3O/c1-16(2)13-7-18-6-10(13)8-20(16)15(21)14-5-11(17)9-19(14)12-3-4-12/h5,9-10,12-13,18H,3-4,6-8H2,1-2H3. The van der Waals surface area contributed by atoms with Gasteiger partial charge in [-0.3, -0.25) is 4.79 Å². The Morgan fingerprint density at radius 2 is 2.14 bits per heavy atom. The van der Waals surface area contributed by atoms with Gasteiger partial charge in [-0.25, -0.2) is 0 Å². The van der Waals surface area contributed by atoms with Gasteiger partial charge in [0.2, 0.25) is 0 Å². The predicted molar refractivity (Wildman–Crippen MR) is 82.7 cm³/mol. The fraction of sp³-hybridized carbons (Fsp3) is 0.688. The van der Waals surface area contributed by atoms with Gasteiger partial charge in [0.15, 0.2) is 0 Å². The van der Waals surface area contributed by atoms with E-state index < -0.39 is 0 Å². The number of hydrogen-bond donors (Lipinski definition) is 1. The van der Waals surface area contributed by atoms with Crippen LogP contribution in [0.25, 0.3) is 0 Å². The molecule has 1 N–H and O–H groups in total. The van der Waals surface area contributed by atoms with Crippen LogP contribution in [0.3, 0.4) is 0 Å². The van der Waals surface area contributed by atoms with Gasteiger partial charge in [0, 0.05) is 37.4 Å². The largest absolute Gasteiger partial charge is 0.339 e. The van der Waals surface area contributed by atoms with E-state index in [0.29, 0.717) is 22.9 Å². The molecule has 1 aromatic rings. The predicted octanol–water partition coefficient (Wildman–Crippen LogP) is 2.55. The van der Waals surface area contributed by atoms with Crippen LogP contribution in [0.5, 0.6) is 0 Å². The van der Waals surface area contributed by atoms with Gasteiger partial charge in [0.1, 0.15) is 5.69 Å². The average Bonchev–Trinajstić information content (AvgIpc) is 2.93. The van der Waals surface area contributed by atoms with E-state index >= 15 is 0 Å². The van der Waals surface area contributed by atoms with Crippen molar-refractivity contribution in [1.82, 2.24) is 14.8 Å². The van der Waals surface area contributed by atoms with E-state index in [0.717, 1.165) is 38.2 Å². The van der Waals surface area contributed by atoms with E-state index in [9.17, 15) is 4.79 Å². The van der Waals surface area contributed by atoms with Crippen LogP contribution in [0.2, 0.25) is 5.02 Å². The number of likely N-dealkylation sites (tertiary alicyclic amines) is 1. The Hall–Kier alpha value is -1.00. The van der Waals surface area contributed by atoms with Crippen molar-refractivity contribution in [3.63, 3.8) is 0 Å². The Kier molecular flexibility index (Phi) is 2.92. The van der Waals surface area contributed by atoms with Crippen molar-refractivity contribution in [3.05, 3.63) is 23.0 Å². The summed E-state index contributed by atoms with van der Waals surface area (Å²) in [6.45, 7) is 7.31. The first-order chi connectivity index (χ1) is 9.98. The maximum Gasteiger partial charge on any atom is 0.271 e. The number of aromatic nitrogens is 1. The molecular formula is C16H22ClN3O. The van der Waals surface area contributed by atoms with Gasteiger partial charge in [-0.2, -0.15) is 0 Å². The number of amides is 1. The zero-order chi connectivity index (χ0) is 14.8. The Bertz CT molecular complexity index is 590. The molecule has 4 rings (SSSR count). The molecular weight excluding hydrogens is 286 g/mol. The molecule has 0 spiro atoms. The molecule has 1 amide bonds. The number of hydrogen-bond acceptors (Lipinski definition) is 2. The highest BCUT2D eigenvalue weighted by Crippen LogP contribution is 2.43. The van der Waals surface area contributed by atoms with E-state index in [2.05, 4.69) is 28.6 Å². The van der Waals surface area contributed by atoms with Crippen molar-refractivity contribution >= 4 is 17.5 Å². The highest BCUT2D eigenvalue weighted by molar-refractivity contribution is 6.31. The molecule has 5 heteroatoms. The SMILES string of the molecule is CC1(C)C2CNCC2CN1C(=O)c1cc(Cl)cn1C1CC1. The molecule has 1 aliphatic carbocycles. The van der Waals surface area contributed by atoms with Crippen LogP contribution in [0.4, 0.5) is 0 Å². The summed E-state index contributed by atoms with van der Waals surface area (Å²) in [5.74, 6) is 1.29. The van der Waals surface area contributed by atoms with Gasteiger partial charge >= 0.3 is 0 Å². The van der Waals surface area contributed by atoms with Crippen LogP contribution in [-0.2, 0) is 0 Å². The normalized spacial score (nSPS) is 30.7. The molecule has 2 saturated heterocycles. The van der Waals surface area contributed by atoms with Crippen LogP contribution in [0, 0.1) is 11.8 Å². The molecule has 3 aliphatic rings. The molecule has 21 heavy (non-hydrogen) atoms. The molecule has 4 nitrogen and oxygen atoms in total. The number of nitrogens with zero attached hydrogens (tertiary/aromatic N) is 2. The van der Waals surface area contributed by atoms with Gasteiger partial charge in [-0.1, -0.05) is 11.6 Å². The van der Waals surface area contributed by atoms with Crippen molar-refractivity contribution in [2.75, 3.05) is 19.6 Å². The van der Waals surface area contributed by atoms with Crippen molar-refractivity contribution in [2.24, 2.45) is 11.8 Å². The first-order valence-electron chi connectivity index (χ1n) is 7.88. The lowest BCUT2D eigenvalue weighted by Crippen LogP contribution is -2.48. The fourth-order valence-electron chi connectivity index (χ4n) is 4.18. The van der Waals surface area contributed by atoms with Gasteiger partial charge < -0.3 is 14.8 Å². The highest BCUT2D eigenvalue weighted by Gasteiger charge is 2.51. The van der Waals surface area contributed by atoms with Crippen LogP contribution < -0.4 is 5.32 Å². The Morgan fingerprint density at radius 1 is 1.38 bits per heavy atom. The van der Waals surface area contributed by atoms with Gasteiger partial charge in [-0.05, 0) is 44.6 Å². The molecule has 0 radical (unpaired) electrons. The lowest BCUT2D eigenvalue weighted by molar-refractivity contribution is 0.0592. The first-order valence-corrected chi connectivity index (χ1v) is 8.26. The number of fused-ring (bicyclic) bond motifs is 1. The molecule has 0 aromatic carbocycles. The maximum absolute atomic E-state index is 13.1. The van der Waals surface area contributed by atoms with E-state index in [1.54, 1.807) is 0 Å². The molecule has 1 saturated carbocycles. The number of halogens is 1. The second kappa shape index (κ2) is 4.50. The van der Waals surface area contributed by atoms with E-state index in [4.69, 9.17) is 11.6 Å². The van der Waals surface area contributed by atoms with E-state index in [1.807, 2.05) is 12.3 Å². The third-order valence-electron chi connectivity index (χ3n) is 5.58. The Morgan fingerprint density at radius 3 is 2.81 bits per heavy atom. The van der Waals surface area contributed by atoms with E-state index in [1.165, 1.54) is 0 Å². The second-order valence-electron chi connectivity index (χ2n) is 7.28. The summed E-state index contributed by atoms with van der Waals surface area (Å²) in [5, 5.41) is 4.13. The fourth-order valence-corrected chi connectivity index (χ4v) is 4.38. The molecule has 3 fully saturated rings. The number of carbonyl (C=O) groups excluding carboxylic acids is 1. The summed E-state index contributed by atoms with van der Waals surface area (Å²) in [6.07, 6.45) is 4.23. The monoisotopic (exact) mass is 307 g/mol. The van der Waals surface area contributed by atoms with Crippen LogP contribution in [0.15, 0.2) is 12.3 Å². The topological polar surface area (TPSA) is 37.3 Å². The third kappa shape index (κ3) is 2.03. The molecule has 2 atom stereocenters. The molecule has 2 aliphatic heterocycles. The number of rotatable bonds is 2. The van der Waals surface area contributed by atoms with Gasteiger partial charge in [0.05, 0.1) is 5.02 Å². The van der Waals surface area contributed by atoms with Crippen molar-refractivity contribution in [1.29, 1.82) is 0 Å². The van der Waals surface area contributed by atoms with E-state index in [-0.39, 0.29) is 11.4 Å². The minimum Gasteiger partial charge on any atom is -0.339 e. The minimum absolute atomic E-state index is 0.0869. The van der Waals surface area contributed by atoms with Crippen molar-refractivity contribution in [3.8, 4) is 0 Å². The van der Waals surface area contributed by atoms with Crippen LogP contribution in [0.1, 0.15) is 43.2 Å². The highest BCUT2D eigenvalue weighted by atomic mass is 35.5. The minimum atomic E-state index is -0.0869. The zero-order valence-electron chi connectivity index (χ0n) is 12.6. The third-order valence-corrected chi connectivity index (χ3v) is 5.79. The maximum atomic E-state index is 13.1. The molecule has 0 bridgehead atoms. The Labute approximate surface area is 130 Å². The summed E-state index contributed by atoms with van der Waals surface area (Å²) in [7, 11) is 0. The first kappa shape index (κ1) is 13.6. The van der Waals surface area contributed by atoms with Crippen LogP contribution in [-0.4, -0.2) is 40.5 Å². The summed E-state index contributed by atoms with van der Waals surface area (Å²) < 4.78 is 2.09. The molecule has 2 unspecified atom stereocenters. The summed E-state index contributed by atoms with van der Waals surface area (Å²) in [6, 6.07) is 2.31. The van der Waals surface area contributed by atoms with Crippen molar-refractivity contribution in [2.45, 2.75) is 38.3 Å². The van der Waals surface area contributed by atoms with Gasteiger partial charge in [-0.15, -0.1) is 0 Å². The van der Waals surface area contributed by atoms with Crippen molar-refractivity contribution < 1.29 is 4.79 Å². The van der Waals surface area contributed by atoms with Gasteiger partial charge in [0.25, 0.3) is 5.91 Å². The molecule has 114 valence electrons. The second-order valence-corrected chi connectivity index (χ2v) is 7.71. The molecule has 1 aromatic heterocycles. The lowest BCUT2D eigenvalue weighted by Gasteiger charge is -2.35. The zero-order valence-corrected chi connectivity index (χ0v) is 13.4. The van der Waals surface area contributed by atoms with Crippen LogP contribution >= 0.6 is 11.6 Å². The average molecular weight is 308 g/mol. The summed E-state index contributed by atoms with van der Waals surface area (Å²) in [5.41, 5.74) is 0.680. The Balaban J connectivity index is 1.66. The smallest absolute Gasteiger partial charge is 0.271 e. The summed E-state index contributed by atoms with van der Waals surface area (Å²) >= 11 is 6.15.